The Balaban J connectivity index is 2.42. The van der Waals surface area contributed by atoms with Gasteiger partial charge in [-0.25, -0.2) is 0 Å². The monoisotopic (exact) mass is 237 g/mol. The van der Waals surface area contributed by atoms with E-state index in [1.165, 1.54) is 12.1 Å². The van der Waals surface area contributed by atoms with Gasteiger partial charge in [0.25, 0.3) is 0 Å². The van der Waals surface area contributed by atoms with Gasteiger partial charge in [0, 0.05) is 12.7 Å². The van der Waals surface area contributed by atoms with E-state index in [9.17, 15) is 0 Å². The van der Waals surface area contributed by atoms with E-state index in [0.717, 1.165) is 25.2 Å². The Labute approximate surface area is 106 Å². The number of nitrogens with one attached hydrogen (secondary N) is 1. The number of nitrogens with zero attached hydrogens (tertiary/aromatic N) is 2. The van der Waals surface area contributed by atoms with Gasteiger partial charge in [0.2, 0.25) is 0 Å². The van der Waals surface area contributed by atoms with Crippen molar-refractivity contribution in [2.45, 2.75) is 40.5 Å². The quantitative estimate of drug-likeness (QED) is 0.739. The minimum absolute atomic E-state index is 0.689. The molecule has 0 aliphatic carbocycles. The summed E-state index contributed by atoms with van der Waals surface area (Å²) in [6.45, 7) is 11.2. The van der Waals surface area contributed by atoms with Crippen LogP contribution in [0.5, 0.6) is 0 Å². The average Bonchev–Trinajstić information content (AvgIpc) is 2.57. The molecule has 0 bridgehead atoms. The van der Waals surface area contributed by atoms with Gasteiger partial charge in [0.05, 0.1) is 5.69 Å². The van der Waals surface area contributed by atoms with Crippen LogP contribution in [-0.4, -0.2) is 22.9 Å². The molecule has 3 nitrogen and oxygen atoms in total. The minimum atomic E-state index is 0.689. The molecule has 17 heavy (non-hydrogen) atoms. The van der Waals surface area contributed by atoms with E-state index < -0.39 is 0 Å². The van der Waals surface area contributed by atoms with Crippen LogP contribution in [0.1, 0.15) is 38.6 Å². The summed E-state index contributed by atoms with van der Waals surface area (Å²) in [6.07, 6.45) is 2.33. The lowest BCUT2D eigenvalue weighted by Gasteiger charge is -2.20. The van der Waals surface area contributed by atoms with Crippen LogP contribution in [0, 0.1) is 18.8 Å². The molecule has 0 aliphatic rings. The first-order valence-electron chi connectivity index (χ1n) is 6.74. The third-order valence-electron chi connectivity index (χ3n) is 3.49. The molecular formula is C14H27N3. The molecule has 0 aromatic carbocycles. The van der Waals surface area contributed by atoms with Crippen LogP contribution >= 0.6 is 0 Å². The lowest BCUT2D eigenvalue weighted by atomic mass is 9.91. The van der Waals surface area contributed by atoms with Gasteiger partial charge < -0.3 is 5.32 Å². The number of hydrogen-bond acceptors (Lipinski definition) is 2. The van der Waals surface area contributed by atoms with Gasteiger partial charge in [-0.3, -0.25) is 4.68 Å². The van der Waals surface area contributed by atoms with E-state index in [4.69, 9.17) is 0 Å². The van der Waals surface area contributed by atoms with E-state index in [1.807, 2.05) is 11.7 Å². The highest BCUT2D eigenvalue weighted by Crippen LogP contribution is 2.16. The Morgan fingerprint density at radius 3 is 2.59 bits per heavy atom. The first-order valence-corrected chi connectivity index (χ1v) is 6.74. The second-order valence-electron chi connectivity index (χ2n) is 5.26. The summed E-state index contributed by atoms with van der Waals surface area (Å²) in [5.74, 6) is 1.39. The molecule has 1 aromatic heterocycles. The van der Waals surface area contributed by atoms with Crippen molar-refractivity contribution in [1.29, 1.82) is 0 Å². The highest BCUT2D eigenvalue weighted by molar-refractivity contribution is 5.09. The zero-order valence-electron chi connectivity index (χ0n) is 12.0. The average molecular weight is 237 g/mol. The fourth-order valence-electron chi connectivity index (χ4n) is 2.09. The molecular weight excluding hydrogens is 210 g/mol. The highest BCUT2D eigenvalue weighted by Gasteiger charge is 2.14. The van der Waals surface area contributed by atoms with Crippen molar-refractivity contribution in [3.8, 4) is 0 Å². The van der Waals surface area contributed by atoms with E-state index >= 15 is 0 Å². The lowest BCUT2D eigenvalue weighted by molar-refractivity contribution is 0.359. The van der Waals surface area contributed by atoms with Crippen LogP contribution < -0.4 is 5.32 Å². The molecule has 1 N–H and O–H groups in total. The zero-order chi connectivity index (χ0) is 12.8. The Bertz CT molecular complexity index is 330. The molecule has 3 heteroatoms. The smallest absolute Gasteiger partial charge is 0.0596 e. The van der Waals surface area contributed by atoms with Gasteiger partial charge >= 0.3 is 0 Å². The molecule has 0 spiro atoms. The molecule has 0 radical (unpaired) electrons. The minimum Gasteiger partial charge on any atom is -0.316 e. The maximum Gasteiger partial charge on any atom is 0.0596 e. The summed E-state index contributed by atoms with van der Waals surface area (Å²) in [6, 6.07) is 2.20. The topological polar surface area (TPSA) is 29.9 Å². The van der Waals surface area contributed by atoms with Crippen molar-refractivity contribution in [2.24, 2.45) is 18.9 Å². The molecule has 0 saturated heterocycles. The largest absolute Gasteiger partial charge is 0.316 e. The van der Waals surface area contributed by atoms with E-state index in [0.29, 0.717) is 11.8 Å². The van der Waals surface area contributed by atoms with Gasteiger partial charge in [0.15, 0.2) is 0 Å². The van der Waals surface area contributed by atoms with Crippen LogP contribution in [0.3, 0.4) is 0 Å². The molecule has 0 aliphatic heterocycles. The second-order valence-corrected chi connectivity index (χ2v) is 5.26. The maximum atomic E-state index is 4.40. The van der Waals surface area contributed by atoms with Gasteiger partial charge in [-0.05, 0) is 50.8 Å². The van der Waals surface area contributed by atoms with E-state index in [1.54, 1.807) is 0 Å². The Hall–Kier alpha value is -0.830. The predicted octanol–water partition coefficient (Wildman–Crippen LogP) is 2.54. The van der Waals surface area contributed by atoms with Crippen LogP contribution in [0.2, 0.25) is 0 Å². The molecule has 1 heterocycles. The standard InChI is InChI=1S/C14H27N3/c1-6-7-15-10-12(3)11(2)8-14-9-13(4)16-17(14)5/h9,11-12,15H,6-8,10H2,1-5H3. The predicted molar refractivity (Wildman–Crippen MR) is 73.1 cm³/mol. The van der Waals surface area contributed by atoms with Gasteiger partial charge in [-0.2, -0.15) is 5.10 Å². The Kier molecular flexibility index (Phi) is 5.69. The molecule has 2 atom stereocenters. The van der Waals surface area contributed by atoms with Crippen molar-refractivity contribution < 1.29 is 0 Å². The fraction of sp³-hybridized carbons (Fsp3) is 0.786. The van der Waals surface area contributed by atoms with Gasteiger partial charge in [-0.1, -0.05) is 20.8 Å². The summed E-state index contributed by atoms with van der Waals surface area (Å²) in [5, 5.41) is 7.90. The molecule has 1 aromatic rings. The summed E-state index contributed by atoms with van der Waals surface area (Å²) in [7, 11) is 2.04. The molecule has 98 valence electrons. The summed E-state index contributed by atoms with van der Waals surface area (Å²) >= 11 is 0. The van der Waals surface area contributed by atoms with Gasteiger partial charge in [-0.15, -0.1) is 0 Å². The van der Waals surface area contributed by atoms with E-state index in [2.05, 4.69) is 44.2 Å². The third kappa shape index (κ3) is 4.50. The Morgan fingerprint density at radius 1 is 1.35 bits per heavy atom. The number of aryl methyl sites for hydroxylation is 2. The molecule has 0 amide bonds. The van der Waals surface area contributed by atoms with Crippen LogP contribution in [0.4, 0.5) is 0 Å². The van der Waals surface area contributed by atoms with Crippen molar-refractivity contribution in [2.75, 3.05) is 13.1 Å². The normalized spacial score (nSPS) is 14.9. The number of aromatic nitrogens is 2. The molecule has 2 unspecified atom stereocenters. The molecule has 1 rings (SSSR count). The zero-order valence-corrected chi connectivity index (χ0v) is 12.0. The van der Waals surface area contributed by atoms with Gasteiger partial charge in [0.1, 0.15) is 0 Å². The number of rotatable bonds is 7. The van der Waals surface area contributed by atoms with Crippen molar-refractivity contribution in [3.05, 3.63) is 17.5 Å². The summed E-state index contributed by atoms with van der Waals surface area (Å²) < 4.78 is 2.01. The highest BCUT2D eigenvalue weighted by atomic mass is 15.3. The molecule has 0 fully saturated rings. The fourth-order valence-corrected chi connectivity index (χ4v) is 2.09. The van der Waals surface area contributed by atoms with Crippen LogP contribution in [0.25, 0.3) is 0 Å². The summed E-state index contributed by atoms with van der Waals surface area (Å²) in [4.78, 5) is 0. The summed E-state index contributed by atoms with van der Waals surface area (Å²) in [5.41, 5.74) is 2.46. The van der Waals surface area contributed by atoms with Crippen molar-refractivity contribution >= 4 is 0 Å². The number of hydrogen-bond donors (Lipinski definition) is 1. The third-order valence-corrected chi connectivity index (χ3v) is 3.49. The van der Waals surface area contributed by atoms with Crippen molar-refractivity contribution in [3.63, 3.8) is 0 Å². The van der Waals surface area contributed by atoms with Crippen LogP contribution in [0.15, 0.2) is 6.07 Å². The molecule has 0 saturated carbocycles. The lowest BCUT2D eigenvalue weighted by Crippen LogP contribution is -2.27. The van der Waals surface area contributed by atoms with Crippen molar-refractivity contribution in [1.82, 2.24) is 15.1 Å². The first-order chi connectivity index (χ1) is 8.04. The van der Waals surface area contributed by atoms with E-state index in [-0.39, 0.29) is 0 Å². The van der Waals surface area contributed by atoms with Crippen LogP contribution in [-0.2, 0) is 13.5 Å². The Morgan fingerprint density at radius 2 is 2.06 bits per heavy atom. The first kappa shape index (κ1) is 14.2. The maximum absolute atomic E-state index is 4.40. The second kappa shape index (κ2) is 6.80. The SMILES string of the molecule is CCCNCC(C)C(C)Cc1cc(C)nn1C.